The summed E-state index contributed by atoms with van der Waals surface area (Å²) in [6.07, 6.45) is 5.40. The van der Waals surface area contributed by atoms with Crippen molar-refractivity contribution >= 4 is 11.9 Å². The molecule has 3 aromatic carbocycles. The number of carboxylic acids is 1. The fourth-order valence-corrected chi connectivity index (χ4v) is 4.28. The Morgan fingerprint density at radius 3 is 2.14 bits per heavy atom. The number of nitrogens with zero attached hydrogens (tertiary/aromatic N) is 1. The van der Waals surface area contributed by atoms with Gasteiger partial charge in [-0.15, -0.1) is 0 Å². The topological polar surface area (TPSA) is 87.1 Å². The van der Waals surface area contributed by atoms with Crippen molar-refractivity contribution in [3.05, 3.63) is 113 Å². The molecule has 0 saturated carbocycles. The largest absolute Gasteiger partial charge is 0.507 e. The summed E-state index contributed by atoms with van der Waals surface area (Å²) in [5, 5.41) is 19.1. The van der Waals surface area contributed by atoms with Crippen molar-refractivity contribution in [2.45, 2.75) is 26.1 Å². The molecule has 2 N–H and O–H groups in total. The van der Waals surface area contributed by atoms with Crippen LogP contribution < -0.4 is 0 Å². The highest BCUT2D eigenvalue weighted by atomic mass is 19.1. The van der Waals surface area contributed by atoms with Crippen LogP contribution >= 0.6 is 0 Å². The number of hydrogen-bond acceptors (Lipinski definition) is 4. The van der Waals surface area contributed by atoms with Gasteiger partial charge in [0, 0.05) is 31.7 Å². The van der Waals surface area contributed by atoms with E-state index >= 15 is 0 Å². The van der Waals surface area contributed by atoms with Crippen LogP contribution in [-0.4, -0.2) is 40.2 Å². The Morgan fingerprint density at radius 1 is 0.946 bits per heavy atom. The summed E-state index contributed by atoms with van der Waals surface area (Å²) in [5.41, 5.74) is 3.46. The van der Waals surface area contributed by atoms with Crippen molar-refractivity contribution in [2.24, 2.45) is 5.92 Å². The zero-order valence-electron chi connectivity index (χ0n) is 20.6. The third kappa shape index (κ3) is 6.13. The zero-order valence-corrected chi connectivity index (χ0v) is 20.6. The van der Waals surface area contributed by atoms with Crippen molar-refractivity contribution in [1.82, 2.24) is 4.90 Å². The van der Waals surface area contributed by atoms with Gasteiger partial charge in [0.15, 0.2) is 0 Å². The number of aromatic carboxylic acids is 1. The summed E-state index contributed by atoms with van der Waals surface area (Å²) in [4.78, 5) is 26.6. The van der Waals surface area contributed by atoms with Gasteiger partial charge in [0.25, 0.3) is 5.91 Å². The van der Waals surface area contributed by atoms with Gasteiger partial charge < -0.3 is 19.8 Å². The summed E-state index contributed by atoms with van der Waals surface area (Å²) in [5.74, 6) is -1.85. The summed E-state index contributed by atoms with van der Waals surface area (Å²) >= 11 is 0. The van der Waals surface area contributed by atoms with E-state index in [0.717, 1.165) is 16.7 Å². The molecular formula is C30H28FNO5. The van der Waals surface area contributed by atoms with E-state index < -0.39 is 5.97 Å². The number of phenols is 1. The number of carboxylic acid groups (broad SMARTS) is 1. The monoisotopic (exact) mass is 501 g/mol. The predicted octanol–water partition coefficient (Wildman–Crippen LogP) is 5.57. The molecule has 0 aromatic heterocycles. The minimum Gasteiger partial charge on any atom is -0.507 e. The number of methoxy groups -OCH3 is 1. The van der Waals surface area contributed by atoms with Gasteiger partial charge in [0.1, 0.15) is 17.1 Å². The average molecular weight is 502 g/mol. The van der Waals surface area contributed by atoms with Crippen LogP contribution in [0.5, 0.6) is 5.75 Å². The lowest BCUT2D eigenvalue weighted by atomic mass is 9.94. The quantitative estimate of drug-likeness (QED) is 0.421. The molecule has 2 atom stereocenters. The number of halogens is 1. The Balaban J connectivity index is 1.59. The lowest BCUT2D eigenvalue weighted by Crippen LogP contribution is -2.33. The highest BCUT2D eigenvalue weighted by molar-refractivity contribution is 5.96. The number of benzene rings is 3. The molecule has 0 fully saturated rings. The van der Waals surface area contributed by atoms with E-state index in [-0.39, 0.29) is 35.1 Å². The third-order valence-electron chi connectivity index (χ3n) is 6.42. The maximum Gasteiger partial charge on any atom is 0.339 e. The summed E-state index contributed by atoms with van der Waals surface area (Å²) < 4.78 is 19.0. The fraction of sp³-hybridized carbons (Fsp3) is 0.200. The molecule has 37 heavy (non-hydrogen) atoms. The van der Waals surface area contributed by atoms with Crippen LogP contribution in [0.3, 0.4) is 0 Å². The molecular weight excluding hydrogens is 473 g/mol. The molecule has 0 saturated heterocycles. The van der Waals surface area contributed by atoms with Crippen molar-refractivity contribution in [3.8, 4) is 16.9 Å². The Labute approximate surface area is 214 Å². The van der Waals surface area contributed by atoms with Gasteiger partial charge in [-0.3, -0.25) is 4.79 Å². The van der Waals surface area contributed by atoms with E-state index in [1.54, 1.807) is 30.2 Å². The van der Waals surface area contributed by atoms with E-state index in [1.807, 2.05) is 49.4 Å². The summed E-state index contributed by atoms with van der Waals surface area (Å²) in [7, 11) is 1.62. The van der Waals surface area contributed by atoms with Crippen molar-refractivity contribution in [1.29, 1.82) is 0 Å². The van der Waals surface area contributed by atoms with E-state index in [0.29, 0.717) is 24.2 Å². The maximum atomic E-state index is 13.6. The molecule has 3 aromatic rings. The standard InChI is InChI=1S/C30H28FNO5/c1-19-3-8-24(16-28(19)37-2)29(34)32(18-21-6-12-25(31)13-7-21)17-20-4-9-22(10-5-20)23-11-14-27(33)26(15-23)30(35)36/h3-16,19,28,33H,17-18H2,1-2H3,(H,35,36). The number of carbonyl (C=O) groups excluding carboxylic acids is 1. The lowest BCUT2D eigenvalue weighted by molar-refractivity contribution is -0.128. The smallest absolute Gasteiger partial charge is 0.339 e. The minimum absolute atomic E-state index is 0.154. The first-order valence-electron chi connectivity index (χ1n) is 11.9. The molecule has 1 aliphatic carbocycles. The van der Waals surface area contributed by atoms with E-state index in [4.69, 9.17) is 4.74 Å². The second kappa shape index (κ2) is 11.2. The molecule has 0 heterocycles. The molecule has 4 rings (SSSR count). The number of amides is 1. The van der Waals surface area contributed by atoms with Gasteiger partial charge in [-0.1, -0.05) is 61.5 Å². The van der Waals surface area contributed by atoms with Crippen LogP contribution in [0.1, 0.15) is 28.4 Å². The van der Waals surface area contributed by atoms with Crippen molar-refractivity contribution < 1.29 is 28.9 Å². The van der Waals surface area contributed by atoms with Gasteiger partial charge in [-0.2, -0.15) is 0 Å². The van der Waals surface area contributed by atoms with Crippen LogP contribution in [0.25, 0.3) is 11.1 Å². The molecule has 0 spiro atoms. The molecule has 0 aliphatic heterocycles. The van der Waals surface area contributed by atoms with Crippen molar-refractivity contribution in [2.75, 3.05) is 7.11 Å². The Kier molecular flexibility index (Phi) is 7.84. The first-order chi connectivity index (χ1) is 17.7. The van der Waals surface area contributed by atoms with Gasteiger partial charge in [0.2, 0.25) is 0 Å². The summed E-state index contributed by atoms with van der Waals surface area (Å²) in [6.45, 7) is 2.62. The highest BCUT2D eigenvalue weighted by Gasteiger charge is 2.24. The van der Waals surface area contributed by atoms with Crippen LogP contribution in [0.2, 0.25) is 0 Å². The molecule has 1 amide bonds. The molecule has 190 valence electrons. The van der Waals surface area contributed by atoms with E-state index in [2.05, 4.69) is 0 Å². The van der Waals surface area contributed by atoms with Crippen LogP contribution in [-0.2, 0) is 22.6 Å². The lowest BCUT2D eigenvalue weighted by Gasteiger charge is -2.27. The molecule has 1 aliphatic rings. The van der Waals surface area contributed by atoms with Gasteiger partial charge in [-0.25, -0.2) is 9.18 Å². The minimum atomic E-state index is -1.21. The zero-order chi connectivity index (χ0) is 26.5. The van der Waals surface area contributed by atoms with Gasteiger partial charge in [-0.05, 0) is 52.6 Å². The SMILES string of the molecule is COC1C=C(C(=O)N(Cc2ccc(F)cc2)Cc2ccc(-c3ccc(O)c(C(=O)O)c3)cc2)C=CC1C. The molecule has 6 nitrogen and oxygen atoms in total. The van der Waals surface area contributed by atoms with E-state index in [9.17, 15) is 24.2 Å². The second-order valence-corrected chi connectivity index (χ2v) is 9.06. The first-order valence-corrected chi connectivity index (χ1v) is 11.9. The maximum absolute atomic E-state index is 13.6. The normalized spacial score (nSPS) is 16.8. The number of ether oxygens (including phenoxy) is 1. The predicted molar refractivity (Wildman–Crippen MR) is 138 cm³/mol. The third-order valence-corrected chi connectivity index (χ3v) is 6.42. The van der Waals surface area contributed by atoms with Crippen LogP contribution in [0.4, 0.5) is 4.39 Å². The van der Waals surface area contributed by atoms with Gasteiger partial charge in [0.05, 0.1) is 6.10 Å². The Hall–Kier alpha value is -4.23. The van der Waals surface area contributed by atoms with E-state index in [1.165, 1.54) is 24.3 Å². The fourth-order valence-electron chi connectivity index (χ4n) is 4.28. The molecule has 2 unspecified atom stereocenters. The molecule has 0 bridgehead atoms. The number of carbonyl (C=O) groups is 2. The van der Waals surface area contributed by atoms with Crippen LogP contribution in [0, 0.1) is 11.7 Å². The van der Waals surface area contributed by atoms with Crippen molar-refractivity contribution in [3.63, 3.8) is 0 Å². The summed E-state index contributed by atoms with van der Waals surface area (Å²) in [6, 6.07) is 17.9. The Morgan fingerprint density at radius 2 is 1.54 bits per heavy atom. The Bertz CT molecular complexity index is 1350. The highest BCUT2D eigenvalue weighted by Crippen LogP contribution is 2.27. The molecule has 7 heteroatoms. The average Bonchev–Trinajstić information content (AvgIpc) is 2.90. The number of rotatable bonds is 8. The second-order valence-electron chi connectivity index (χ2n) is 9.06. The number of hydrogen-bond donors (Lipinski definition) is 2. The van der Waals surface area contributed by atoms with Crippen LogP contribution in [0.15, 0.2) is 90.5 Å². The first kappa shape index (κ1) is 25.9. The van der Waals surface area contributed by atoms with Gasteiger partial charge >= 0.3 is 5.97 Å². The number of aromatic hydroxyl groups is 1. The molecule has 0 radical (unpaired) electrons.